The van der Waals surface area contributed by atoms with Gasteiger partial charge >= 0.3 is 0 Å². The second kappa shape index (κ2) is 7.54. The molecule has 4 nitrogen and oxygen atoms in total. The predicted molar refractivity (Wildman–Crippen MR) is 101 cm³/mol. The van der Waals surface area contributed by atoms with Gasteiger partial charge in [-0.05, 0) is 49.2 Å². The van der Waals surface area contributed by atoms with E-state index in [2.05, 4.69) is 17.0 Å². The summed E-state index contributed by atoms with van der Waals surface area (Å²) in [5, 5.41) is 0. The van der Waals surface area contributed by atoms with E-state index in [1.807, 2.05) is 24.5 Å². The van der Waals surface area contributed by atoms with Gasteiger partial charge in [-0.15, -0.1) is 6.42 Å². The number of terminal acetylenes is 1. The molecule has 0 bridgehead atoms. The molecule has 0 N–H and O–H groups in total. The number of aryl methyl sites for hydroxylation is 2. The minimum Gasteiger partial charge on any atom is -0.481 e. The van der Waals surface area contributed by atoms with E-state index >= 15 is 0 Å². The Hall–Kier alpha value is -2.91. The summed E-state index contributed by atoms with van der Waals surface area (Å²) in [5.74, 6) is 1.60. The fourth-order valence-corrected chi connectivity index (χ4v) is 3.62. The molecule has 0 fully saturated rings. The van der Waals surface area contributed by atoms with Gasteiger partial charge in [-0.3, -0.25) is 4.79 Å². The molecule has 1 heterocycles. The van der Waals surface area contributed by atoms with Crippen molar-refractivity contribution in [3.8, 4) is 18.1 Å². The molecule has 2 aromatic carbocycles. The van der Waals surface area contributed by atoms with Crippen LogP contribution in [-0.2, 0) is 11.3 Å². The van der Waals surface area contributed by atoms with Gasteiger partial charge in [0.25, 0.3) is 5.91 Å². The van der Waals surface area contributed by atoms with Gasteiger partial charge in [0, 0.05) is 0 Å². The Kier molecular flexibility index (Phi) is 5.19. The van der Waals surface area contributed by atoms with Crippen LogP contribution in [0.15, 0.2) is 41.4 Å². The Morgan fingerprint density at radius 2 is 2.04 bits per heavy atom. The van der Waals surface area contributed by atoms with Crippen LogP contribution in [0.3, 0.4) is 0 Å². The molecule has 0 aliphatic heterocycles. The average Bonchev–Trinajstić information content (AvgIpc) is 2.91. The number of fused-ring (bicyclic) bond motifs is 1. The lowest BCUT2D eigenvalue weighted by Gasteiger charge is -2.04. The van der Waals surface area contributed by atoms with E-state index in [1.165, 1.54) is 23.5 Å². The second-order valence-corrected chi connectivity index (χ2v) is 6.81. The summed E-state index contributed by atoms with van der Waals surface area (Å²) in [6.07, 6.45) is 5.47. The zero-order valence-corrected chi connectivity index (χ0v) is 15.3. The van der Waals surface area contributed by atoms with Crippen LogP contribution in [0.1, 0.15) is 11.1 Å². The Labute approximate surface area is 154 Å². The van der Waals surface area contributed by atoms with Gasteiger partial charge in [-0.25, -0.2) is 4.39 Å². The third-order valence-corrected chi connectivity index (χ3v) is 5.00. The predicted octanol–water partition coefficient (Wildman–Crippen LogP) is 3.60. The van der Waals surface area contributed by atoms with Crippen molar-refractivity contribution >= 4 is 27.5 Å². The number of amides is 1. The lowest BCUT2D eigenvalue weighted by atomic mass is 10.1. The molecule has 3 rings (SSSR count). The Morgan fingerprint density at radius 1 is 1.31 bits per heavy atom. The number of hydrogen-bond donors (Lipinski definition) is 0. The Balaban J connectivity index is 1.93. The summed E-state index contributed by atoms with van der Waals surface area (Å²) < 4.78 is 21.6. The topological polar surface area (TPSA) is 43.6 Å². The quantitative estimate of drug-likeness (QED) is 0.661. The summed E-state index contributed by atoms with van der Waals surface area (Å²) in [6, 6.07) is 10.0. The van der Waals surface area contributed by atoms with E-state index in [4.69, 9.17) is 11.2 Å². The summed E-state index contributed by atoms with van der Waals surface area (Å²) in [6.45, 7) is 4.02. The molecule has 0 saturated heterocycles. The zero-order valence-electron chi connectivity index (χ0n) is 14.5. The van der Waals surface area contributed by atoms with Crippen molar-refractivity contribution in [2.24, 2.45) is 4.99 Å². The molecule has 1 aromatic heterocycles. The largest absolute Gasteiger partial charge is 0.481 e. The molecule has 0 aliphatic carbocycles. The Morgan fingerprint density at radius 3 is 2.77 bits per heavy atom. The van der Waals surface area contributed by atoms with Crippen molar-refractivity contribution in [1.29, 1.82) is 0 Å². The lowest BCUT2D eigenvalue weighted by Crippen LogP contribution is -2.19. The molecule has 0 aliphatic rings. The molecule has 6 heteroatoms. The van der Waals surface area contributed by atoms with Crippen molar-refractivity contribution in [3.63, 3.8) is 0 Å². The monoisotopic (exact) mass is 368 g/mol. The number of hydrogen-bond acceptors (Lipinski definition) is 3. The highest BCUT2D eigenvalue weighted by Crippen LogP contribution is 2.22. The maximum absolute atomic E-state index is 13.6. The lowest BCUT2D eigenvalue weighted by molar-refractivity contribution is -0.120. The Bertz CT molecular complexity index is 1090. The van der Waals surface area contributed by atoms with Crippen LogP contribution in [0.25, 0.3) is 10.2 Å². The summed E-state index contributed by atoms with van der Waals surface area (Å²) in [7, 11) is 0. The summed E-state index contributed by atoms with van der Waals surface area (Å²) >= 11 is 1.39. The molecule has 0 radical (unpaired) electrons. The molecular weight excluding hydrogens is 351 g/mol. The van der Waals surface area contributed by atoms with E-state index in [1.54, 1.807) is 12.1 Å². The number of rotatable bonds is 4. The molecule has 3 aromatic rings. The number of benzene rings is 2. The SMILES string of the molecule is C#CCn1c(=NC(=O)COc2ccccc2F)sc2cc(C)c(C)cc21. The summed E-state index contributed by atoms with van der Waals surface area (Å²) in [5.41, 5.74) is 3.24. The molecular formula is C20H17FN2O2S. The van der Waals surface area contributed by atoms with Crippen molar-refractivity contribution in [2.45, 2.75) is 20.4 Å². The van der Waals surface area contributed by atoms with Crippen LogP contribution in [0, 0.1) is 32.0 Å². The van der Waals surface area contributed by atoms with Crippen LogP contribution in [0.4, 0.5) is 4.39 Å². The summed E-state index contributed by atoms with van der Waals surface area (Å²) in [4.78, 5) is 16.8. The normalized spacial score (nSPS) is 11.5. The van der Waals surface area contributed by atoms with Gasteiger partial charge in [0.05, 0.1) is 16.8 Å². The van der Waals surface area contributed by atoms with E-state index < -0.39 is 11.7 Å². The fourth-order valence-electron chi connectivity index (χ4n) is 2.49. The van der Waals surface area contributed by atoms with Crippen LogP contribution in [0.2, 0.25) is 0 Å². The van der Waals surface area contributed by atoms with Gasteiger partial charge in [0.1, 0.15) is 0 Å². The van der Waals surface area contributed by atoms with Gasteiger partial charge in [-0.2, -0.15) is 4.99 Å². The molecule has 0 saturated carbocycles. The highest BCUT2D eigenvalue weighted by molar-refractivity contribution is 7.16. The van der Waals surface area contributed by atoms with Crippen molar-refractivity contribution in [2.75, 3.05) is 6.61 Å². The van der Waals surface area contributed by atoms with Crippen LogP contribution >= 0.6 is 11.3 Å². The number of aromatic nitrogens is 1. The van der Waals surface area contributed by atoms with Crippen molar-refractivity contribution < 1.29 is 13.9 Å². The van der Waals surface area contributed by atoms with Crippen molar-refractivity contribution in [3.05, 3.63) is 58.1 Å². The number of thiazole rings is 1. The van der Waals surface area contributed by atoms with Gasteiger partial charge in [-0.1, -0.05) is 29.4 Å². The standard InChI is InChI=1S/C20H17FN2O2S/c1-4-9-23-16-10-13(2)14(3)11-18(16)26-20(23)22-19(24)12-25-17-8-6-5-7-15(17)21/h1,5-8,10-11H,9,12H2,2-3H3. The molecule has 0 spiro atoms. The first kappa shape index (κ1) is 17.9. The first-order chi connectivity index (χ1) is 12.5. The minimum absolute atomic E-state index is 0.0233. The second-order valence-electron chi connectivity index (χ2n) is 5.80. The molecule has 26 heavy (non-hydrogen) atoms. The third-order valence-electron chi connectivity index (χ3n) is 3.96. The number of carbonyl (C=O) groups excluding carboxylic acids is 1. The van der Waals surface area contributed by atoms with Crippen LogP contribution in [0.5, 0.6) is 5.75 Å². The molecule has 132 valence electrons. The zero-order chi connectivity index (χ0) is 18.7. The van der Waals surface area contributed by atoms with Crippen LogP contribution in [-0.4, -0.2) is 17.1 Å². The molecule has 0 unspecified atom stereocenters. The highest BCUT2D eigenvalue weighted by atomic mass is 32.1. The average molecular weight is 368 g/mol. The molecule has 1 amide bonds. The van der Waals surface area contributed by atoms with Gasteiger partial charge < -0.3 is 9.30 Å². The smallest absolute Gasteiger partial charge is 0.286 e. The molecule has 0 atom stereocenters. The minimum atomic E-state index is -0.518. The van der Waals surface area contributed by atoms with E-state index in [9.17, 15) is 9.18 Å². The maximum atomic E-state index is 13.6. The number of halogens is 1. The fraction of sp³-hybridized carbons (Fsp3) is 0.200. The van der Waals surface area contributed by atoms with E-state index in [0.717, 1.165) is 21.3 Å². The number of carbonyl (C=O) groups is 1. The third kappa shape index (κ3) is 3.68. The van der Waals surface area contributed by atoms with E-state index in [0.29, 0.717) is 11.3 Å². The maximum Gasteiger partial charge on any atom is 0.286 e. The highest BCUT2D eigenvalue weighted by Gasteiger charge is 2.10. The first-order valence-corrected chi connectivity index (χ1v) is 8.80. The van der Waals surface area contributed by atoms with Gasteiger partial charge in [0.15, 0.2) is 23.0 Å². The van der Waals surface area contributed by atoms with E-state index in [-0.39, 0.29) is 12.4 Å². The number of nitrogens with zero attached hydrogens (tertiary/aromatic N) is 2. The van der Waals surface area contributed by atoms with Crippen molar-refractivity contribution in [1.82, 2.24) is 4.57 Å². The number of ether oxygens (including phenoxy) is 1. The number of para-hydroxylation sites is 1. The van der Waals surface area contributed by atoms with Gasteiger partial charge in [0.2, 0.25) is 0 Å². The van der Waals surface area contributed by atoms with Crippen LogP contribution < -0.4 is 9.54 Å². The first-order valence-electron chi connectivity index (χ1n) is 7.98.